The Hall–Kier alpha value is -3.09. The molecule has 0 saturated carbocycles. The summed E-state index contributed by atoms with van der Waals surface area (Å²) in [5, 5.41) is 0. The first kappa shape index (κ1) is 20.2. The maximum Gasteiger partial charge on any atom is 0.270 e. The molecule has 0 N–H and O–H groups in total. The van der Waals surface area contributed by atoms with Crippen molar-refractivity contribution in [2.75, 3.05) is 42.5 Å². The summed E-state index contributed by atoms with van der Waals surface area (Å²) in [5.74, 6) is 0.244. The summed E-state index contributed by atoms with van der Waals surface area (Å²) in [5.41, 5.74) is 0.296. The van der Waals surface area contributed by atoms with E-state index in [9.17, 15) is 14.0 Å². The van der Waals surface area contributed by atoms with E-state index in [0.717, 1.165) is 0 Å². The van der Waals surface area contributed by atoms with Crippen LogP contribution in [0.1, 0.15) is 20.3 Å². The molecule has 2 aromatic rings. The number of anilines is 2. The zero-order valence-electron chi connectivity index (χ0n) is 17.3. The van der Waals surface area contributed by atoms with Crippen LogP contribution in [0.15, 0.2) is 48.5 Å². The van der Waals surface area contributed by atoms with Crippen LogP contribution in [-0.4, -0.2) is 55.0 Å². The highest BCUT2D eigenvalue weighted by Gasteiger charge is 2.40. The number of nitrogens with zero attached hydrogens (tertiary/aromatic N) is 3. The van der Waals surface area contributed by atoms with Crippen molar-refractivity contribution in [3.05, 3.63) is 54.3 Å². The van der Waals surface area contributed by atoms with Gasteiger partial charge in [0, 0.05) is 39.1 Å². The second kappa shape index (κ2) is 7.97. The third-order valence-electron chi connectivity index (χ3n) is 5.66. The maximum atomic E-state index is 14.0. The molecule has 2 amide bonds. The highest BCUT2D eigenvalue weighted by Crippen LogP contribution is 2.37. The lowest BCUT2D eigenvalue weighted by Crippen LogP contribution is -2.54. The van der Waals surface area contributed by atoms with Gasteiger partial charge in [0.1, 0.15) is 11.6 Å². The van der Waals surface area contributed by atoms with E-state index in [1.165, 1.54) is 6.07 Å². The Morgan fingerprint density at radius 1 is 1.00 bits per heavy atom. The fraction of sp³-hybridized carbons (Fsp3) is 0.391. The molecule has 4 rings (SSSR count). The van der Waals surface area contributed by atoms with Gasteiger partial charge in [-0.05, 0) is 38.1 Å². The molecule has 2 heterocycles. The van der Waals surface area contributed by atoms with Gasteiger partial charge in [0.25, 0.3) is 5.91 Å². The molecule has 0 spiro atoms. The van der Waals surface area contributed by atoms with Crippen LogP contribution < -0.4 is 14.5 Å². The average Bonchev–Trinajstić information content (AvgIpc) is 2.74. The average molecular weight is 411 g/mol. The lowest BCUT2D eigenvalue weighted by molar-refractivity contribution is -0.133. The molecule has 30 heavy (non-hydrogen) atoms. The van der Waals surface area contributed by atoms with Crippen LogP contribution in [0.4, 0.5) is 15.8 Å². The van der Waals surface area contributed by atoms with Crippen LogP contribution >= 0.6 is 0 Å². The summed E-state index contributed by atoms with van der Waals surface area (Å²) in [4.78, 5) is 31.1. The third-order valence-corrected chi connectivity index (χ3v) is 5.66. The summed E-state index contributed by atoms with van der Waals surface area (Å²) in [6, 6.07) is 14.1. The van der Waals surface area contributed by atoms with E-state index in [4.69, 9.17) is 4.74 Å². The Labute approximate surface area is 175 Å². The predicted molar refractivity (Wildman–Crippen MR) is 113 cm³/mol. The van der Waals surface area contributed by atoms with E-state index in [2.05, 4.69) is 0 Å². The largest absolute Gasteiger partial charge is 0.476 e. The Kier molecular flexibility index (Phi) is 5.37. The molecule has 2 aliphatic heterocycles. The molecule has 1 saturated heterocycles. The van der Waals surface area contributed by atoms with Crippen molar-refractivity contribution < 1.29 is 18.7 Å². The van der Waals surface area contributed by atoms with Gasteiger partial charge in [0.05, 0.1) is 11.4 Å². The van der Waals surface area contributed by atoms with Crippen LogP contribution in [0.25, 0.3) is 0 Å². The number of amides is 2. The van der Waals surface area contributed by atoms with Crippen LogP contribution in [0, 0.1) is 5.82 Å². The number of hydrogen-bond donors (Lipinski definition) is 0. The zero-order valence-corrected chi connectivity index (χ0v) is 17.3. The van der Waals surface area contributed by atoms with Gasteiger partial charge in [0.2, 0.25) is 5.91 Å². The number of piperazine rings is 1. The normalized spacial score (nSPS) is 18.1. The molecule has 1 fully saturated rings. The Morgan fingerprint density at radius 2 is 1.63 bits per heavy atom. The molecule has 2 aromatic carbocycles. The van der Waals surface area contributed by atoms with E-state index in [0.29, 0.717) is 49.8 Å². The van der Waals surface area contributed by atoms with Crippen molar-refractivity contribution in [2.45, 2.75) is 25.9 Å². The van der Waals surface area contributed by atoms with Crippen molar-refractivity contribution in [2.24, 2.45) is 0 Å². The summed E-state index contributed by atoms with van der Waals surface area (Å²) in [6.07, 6.45) is 0.232. The number of hydrogen-bond acceptors (Lipinski definition) is 4. The number of benzene rings is 2. The van der Waals surface area contributed by atoms with Gasteiger partial charge in [-0.3, -0.25) is 9.59 Å². The topological polar surface area (TPSA) is 53.1 Å². The summed E-state index contributed by atoms with van der Waals surface area (Å²) >= 11 is 0. The maximum absolute atomic E-state index is 14.0. The Balaban J connectivity index is 1.37. The van der Waals surface area contributed by atoms with Crippen molar-refractivity contribution >= 4 is 23.2 Å². The molecule has 0 bridgehead atoms. The quantitative estimate of drug-likeness (QED) is 0.776. The number of para-hydroxylation sites is 3. The van der Waals surface area contributed by atoms with Crippen molar-refractivity contribution in [3.63, 3.8) is 0 Å². The van der Waals surface area contributed by atoms with Crippen LogP contribution in [0.2, 0.25) is 0 Å². The highest BCUT2D eigenvalue weighted by molar-refractivity contribution is 6.02. The second-order valence-electron chi connectivity index (χ2n) is 8.11. The molecule has 0 aromatic heterocycles. The van der Waals surface area contributed by atoms with E-state index in [-0.39, 0.29) is 24.1 Å². The highest BCUT2D eigenvalue weighted by atomic mass is 19.1. The Morgan fingerprint density at radius 3 is 2.33 bits per heavy atom. The van der Waals surface area contributed by atoms with E-state index >= 15 is 0 Å². The molecule has 158 valence electrons. The van der Waals surface area contributed by atoms with Gasteiger partial charge in [-0.25, -0.2) is 4.39 Å². The van der Waals surface area contributed by atoms with Gasteiger partial charge in [-0.1, -0.05) is 24.3 Å². The molecular formula is C23H26FN3O3. The molecule has 0 aliphatic carbocycles. The third kappa shape index (κ3) is 3.84. The van der Waals surface area contributed by atoms with Gasteiger partial charge in [0.15, 0.2) is 5.60 Å². The molecule has 0 radical (unpaired) electrons. The number of rotatable bonds is 4. The monoisotopic (exact) mass is 411 g/mol. The van der Waals surface area contributed by atoms with E-state index in [1.54, 1.807) is 35.8 Å². The summed E-state index contributed by atoms with van der Waals surface area (Å²) in [6.45, 7) is 6.01. The number of carbonyl (C=O) groups is 2. The van der Waals surface area contributed by atoms with Gasteiger partial charge < -0.3 is 19.4 Å². The SMILES string of the molecule is CC1(C)Oc2ccccc2N(CCC(=O)N2CCN(c3ccccc3F)CC2)C1=O. The van der Waals surface area contributed by atoms with E-state index < -0.39 is 5.60 Å². The van der Waals surface area contributed by atoms with Crippen molar-refractivity contribution in [1.29, 1.82) is 0 Å². The summed E-state index contributed by atoms with van der Waals surface area (Å²) < 4.78 is 19.8. The smallest absolute Gasteiger partial charge is 0.270 e. The van der Waals surface area contributed by atoms with Gasteiger partial charge in [-0.2, -0.15) is 0 Å². The number of halogens is 1. The Bertz CT molecular complexity index is 954. The van der Waals surface area contributed by atoms with Crippen LogP contribution in [0.3, 0.4) is 0 Å². The first-order valence-electron chi connectivity index (χ1n) is 10.2. The molecular weight excluding hydrogens is 385 g/mol. The lowest BCUT2D eigenvalue weighted by Gasteiger charge is -2.39. The fourth-order valence-electron chi connectivity index (χ4n) is 4.01. The van der Waals surface area contributed by atoms with Crippen molar-refractivity contribution in [1.82, 2.24) is 4.90 Å². The fourth-order valence-corrected chi connectivity index (χ4v) is 4.01. The molecule has 7 heteroatoms. The zero-order chi connectivity index (χ0) is 21.3. The minimum absolute atomic E-state index is 0.00207. The van der Waals surface area contributed by atoms with E-state index in [1.807, 2.05) is 35.2 Å². The van der Waals surface area contributed by atoms with Gasteiger partial charge >= 0.3 is 0 Å². The standard InChI is InChI=1S/C23H26FN3O3/c1-23(2)22(29)27(19-9-5-6-10-20(19)30-23)12-11-21(28)26-15-13-25(14-16-26)18-8-4-3-7-17(18)24/h3-10H,11-16H2,1-2H3. The summed E-state index contributed by atoms with van der Waals surface area (Å²) in [7, 11) is 0. The lowest BCUT2D eigenvalue weighted by atomic mass is 10.0. The second-order valence-corrected chi connectivity index (χ2v) is 8.11. The van der Waals surface area contributed by atoms with Crippen molar-refractivity contribution in [3.8, 4) is 5.75 Å². The van der Waals surface area contributed by atoms with Crippen LogP contribution in [-0.2, 0) is 9.59 Å². The number of carbonyl (C=O) groups excluding carboxylic acids is 2. The van der Waals surface area contributed by atoms with Gasteiger partial charge in [-0.15, -0.1) is 0 Å². The first-order chi connectivity index (χ1) is 14.4. The molecule has 2 aliphatic rings. The first-order valence-corrected chi connectivity index (χ1v) is 10.2. The molecule has 0 atom stereocenters. The van der Waals surface area contributed by atoms with Crippen LogP contribution in [0.5, 0.6) is 5.75 Å². The minimum atomic E-state index is -0.969. The molecule has 0 unspecified atom stereocenters. The number of ether oxygens (including phenoxy) is 1. The number of fused-ring (bicyclic) bond motifs is 1. The predicted octanol–water partition coefficient (Wildman–Crippen LogP) is 3.07. The molecule has 6 nitrogen and oxygen atoms in total. The minimum Gasteiger partial charge on any atom is -0.476 e.